The molecule has 0 fully saturated rings. The van der Waals surface area contributed by atoms with E-state index in [-0.39, 0.29) is 12.6 Å². The molecule has 0 radical (unpaired) electrons. The van der Waals surface area contributed by atoms with Crippen molar-refractivity contribution >= 4 is 11.7 Å². The van der Waals surface area contributed by atoms with Crippen LogP contribution in [0, 0.1) is 0 Å². The molecule has 0 bridgehead atoms. The molecule has 4 nitrogen and oxygen atoms in total. The fourth-order valence-corrected chi connectivity index (χ4v) is 1.81. The minimum atomic E-state index is -0.367. The van der Waals surface area contributed by atoms with Crippen molar-refractivity contribution in [1.29, 1.82) is 0 Å². The Kier molecular flexibility index (Phi) is 2.99. The normalized spacial score (nSPS) is 13.5. The van der Waals surface area contributed by atoms with Crippen molar-refractivity contribution in [3.8, 4) is 5.75 Å². The van der Waals surface area contributed by atoms with Gasteiger partial charge in [-0.1, -0.05) is 6.07 Å². The molecule has 2 rings (SSSR count). The zero-order chi connectivity index (χ0) is 11.5. The molecular weight excluding hydrogens is 206 g/mol. The van der Waals surface area contributed by atoms with Crippen LogP contribution in [0.5, 0.6) is 5.75 Å². The van der Waals surface area contributed by atoms with Gasteiger partial charge in [-0.2, -0.15) is 0 Å². The number of methoxy groups -OCH3 is 1. The van der Waals surface area contributed by atoms with Crippen molar-refractivity contribution in [2.45, 2.75) is 6.42 Å². The fraction of sp³-hybridized carbons (Fsp3) is 0.417. The van der Waals surface area contributed by atoms with Crippen LogP contribution in [0.4, 0.5) is 5.69 Å². The monoisotopic (exact) mass is 221 g/mol. The van der Waals surface area contributed by atoms with Crippen molar-refractivity contribution in [2.75, 3.05) is 32.2 Å². The fourth-order valence-electron chi connectivity index (χ4n) is 1.81. The summed E-state index contributed by atoms with van der Waals surface area (Å²) < 4.78 is 9.84. The highest BCUT2D eigenvalue weighted by Gasteiger charge is 2.16. The number of fused-ring (bicyclic) bond motifs is 1. The van der Waals surface area contributed by atoms with E-state index in [1.807, 2.05) is 18.2 Å². The highest BCUT2D eigenvalue weighted by molar-refractivity contribution is 5.71. The van der Waals surface area contributed by atoms with Gasteiger partial charge in [-0.3, -0.25) is 0 Å². The number of hydrogen-bond acceptors (Lipinski definition) is 4. The lowest BCUT2D eigenvalue weighted by Crippen LogP contribution is -2.14. The average Bonchev–Trinajstić information content (AvgIpc) is 2.68. The van der Waals surface area contributed by atoms with Crippen LogP contribution in [-0.2, 0) is 16.0 Å². The van der Waals surface area contributed by atoms with Gasteiger partial charge in [0.1, 0.15) is 5.75 Å². The minimum absolute atomic E-state index is 0.0427. The Morgan fingerprint density at radius 3 is 3.06 bits per heavy atom. The van der Waals surface area contributed by atoms with E-state index < -0.39 is 0 Å². The van der Waals surface area contributed by atoms with Gasteiger partial charge in [0.05, 0.1) is 7.11 Å². The summed E-state index contributed by atoms with van der Waals surface area (Å²) in [4.78, 5) is 13.1. The number of benzene rings is 1. The predicted octanol–water partition coefficient (Wildman–Crippen LogP) is 1.23. The second kappa shape index (κ2) is 4.43. The molecule has 1 aliphatic rings. The van der Waals surface area contributed by atoms with E-state index in [4.69, 9.17) is 4.74 Å². The Morgan fingerprint density at radius 1 is 1.50 bits per heavy atom. The van der Waals surface area contributed by atoms with Gasteiger partial charge in [-0.05, 0) is 18.1 Å². The first-order valence-corrected chi connectivity index (χ1v) is 5.24. The molecule has 0 saturated heterocycles. The molecular formula is C12H15NO3. The van der Waals surface area contributed by atoms with Crippen LogP contribution in [-0.4, -0.2) is 33.3 Å². The third-order valence-electron chi connectivity index (χ3n) is 2.77. The number of likely N-dealkylation sites (N-methyl/N-ethyl adjacent to an activating group) is 1. The first-order chi connectivity index (χ1) is 7.70. The molecule has 16 heavy (non-hydrogen) atoms. The van der Waals surface area contributed by atoms with Crippen molar-refractivity contribution < 1.29 is 14.3 Å². The minimum Gasteiger partial charge on any atom is -0.482 e. The zero-order valence-corrected chi connectivity index (χ0v) is 9.53. The average molecular weight is 221 g/mol. The van der Waals surface area contributed by atoms with E-state index in [1.54, 1.807) is 0 Å². The van der Waals surface area contributed by atoms with E-state index in [1.165, 1.54) is 18.4 Å². The highest BCUT2D eigenvalue weighted by Crippen LogP contribution is 2.30. The molecule has 0 aromatic heterocycles. The molecule has 4 heteroatoms. The molecule has 0 saturated carbocycles. The molecule has 0 amide bonds. The molecule has 86 valence electrons. The van der Waals surface area contributed by atoms with Gasteiger partial charge in [0.2, 0.25) is 0 Å². The number of nitrogens with zero attached hydrogens (tertiary/aromatic N) is 1. The molecule has 1 heterocycles. The smallest absolute Gasteiger partial charge is 0.343 e. The van der Waals surface area contributed by atoms with Crippen LogP contribution in [0.2, 0.25) is 0 Å². The molecule has 0 unspecified atom stereocenters. The van der Waals surface area contributed by atoms with Crippen LogP contribution >= 0.6 is 0 Å². The lowest BCUT2D eigenvalue weighted by atomic mass is 10.1. The number of carbonyl (C=O) groups excluding carboxylic acids is 1. The number of carbonyl (C=O) groups is 1. The number of ether oxygens (including phenoxy) is 2. The SMILES string of the molecule is COC(=O)COc1ccc2c(c1)N(C)CC2. The third kappa shape index (κ3) is 2.10. The molecule has 0 spiro atoms. The van der Waals surface area contributed by atoms with Crippen molar-refractivity contribution in [3.63, 3.8) is 0 Å². The maximum absolute atomic E-state index is 10.9. The van der Waals surface area contributed by atoms with E-state index in [0.717, 1.165) is 13.0 Å². The van der Waals surface area contributed by atoms with Crippen LogP contribution in [0.3, 0.4) is 0 Å². The molecule has 1 aromatic carbocycles. The Hall–Kier alpha value is -1.71. The first kappa shape index (κ1) is 10.8. The van der Waals surface area contributed by atoms with E-state index in [2.05, 4.69) is 16.7 Å². The maximum Gasteiger partial charge on any atom is 0.343 e. The lowest BCUT2D eigenvalue weighted by molar-refractivity contribution is -0.142. The van der Waals surface area contributed by atoms with Gasteiger partial charge in [0, 0.05) is 25.3 Å². The van der Waals surface area contributed by atoms with Gasteiger partial charge < -0.3 is 14.4 Å². The van der Waals surface area contributed by atoms with Gasteiger partial charge in [0.25, 0.3) is 0 Å². The summed E-state index contributed by atoms with van der Waals surface area (Å²) in [5.41, 5.74) is 2.51. The summed E-state index contributed by atoms with van der Waals surface area (Å²) in [5.74, 6) is 0.340. The summed E-state index contributed by atoms with van der Waals surface area (Å²) in [6.45, 7) is 0.995. The highest BCUT2D eigenvalue weighted by atomic mass is 16.6. The summed E-state index contributed by atoms with van der Waals surface area (Å²) in [5, 5.41) is 0. The molecule has 1 aromatic rings. The summed E-state index contributed by atoms with van der Waals surface area (Å²) in [6.07, 6.45) is 1.07. The van der Waals surface area contributed by atoms with Crippen LogP contribution in [0.15, 0.2) is 18.2 Å². The second-order valence-corrected chi connectivity index (χ2v) is 3.83. The largest absolute Gasteiger partial charge is 0.482 e. The predicted molar refractivity (Wildman–Crippen MR) is 60.9 cm³/mol. The molecule has 0 aliphatic carbocycles. The Balaban J connectivity index is 2.07. The van der Waals surface area contributed by atoms with E-state index in [9.17, 15) is 4.79 Å². The van der Waals surface area contributed by atoms with Gasteiger partial charge in [0.15, 0.2) is 6.61 Å². The molecule has 0 atom stereocenters. The van der Waals surface area contributed by atoms with Crippen LogP contribution in [0.25, 0.3) is 0 Å². The number of hydrogen-bond donors (Lipinski definition) is 0. The van der Waals surface area contributed by atoms with Gasteiger partial charge >= 0.3 is 5.97 Å². The summed E-state index contributed by atoms with van der Waals surface area (Å²) in [7, 11) is 3.40. The van der Waals surface area contributed by atoms with Crippen LogP contribution in [0.1, 0.15) is 5.56 Å². The van der Waals surface area contributed by atoms with Crippen molar-refractivity contribution in [3.05, 3.63) is 23.8 Å². The maximum atomic E-state index is 10.9. The second-order valence-electron chi connectivity index (χ2n) is 3.83. The Morgan fingerprint density at radius 2 is 2.31 bits per heavy atom. The Bertz CT molecular complexity index is 403. The molecule has 1 aliphatic heterocycles. The number of anilines is 1. The number of esters is 1. The molecule has 0 N–H and O–H groups in total. The standard InChI is InChI=1S/C12H15NO3/c1-13-6-5-9-3-4-10(7-11(9)13)16-8-12(14)15-2/h3-4,7H,5-6,8H2,1-2H3. The number of rotatable bonds is 3. The summed E-state index contributed by atoms with van der Waals surface area (Å²) >= 11 is 0. The topological polar surface area (TPSA) is 38.8 Å². The van der Waals surface area contributed by atoms with Gasteiger partial charge in [-0.25, -0.2) is 4.79 Å². The zero-order valence-electron chi connectivity index (χ0n) is 9.53. The lowest BCUT2D eigenvalue weighted by Gasteiger charge is -2.13. The first-order valence-electron chi connectivity index (χ1n) is 5.24. The third-order valence-corrected chi connectivity index (χ3v) is 2.77. The quantitative estimate of drug-likeness (QED) is 0.720. The Labute approximate surface area is 94.8 Å². The van der Waals surface area contributed by atoms with Crippen molar-refractivity contribution in [1.82, 2.24) is 0 Å². The van der Waals surface area contributed by atoms with Crippen molar-refractivity contribution in [2.24, 2.45) is 0 Å². The van der Waals surface area contributed by atoms with E-state index >= 15 is 0 Å². The van der Waals surface area contributed by atoms with Crippen LogP contribution < -0.4 is 9.64 Å². The van der Waals surface area contributed by atoms with Gasteiger partial charge in [-0.15, -0.1) is 0 Å². The summed E-state index contributed by atoms with van der Waals surface area (Å²) in [6, 6.07) is 5.90. The van der Waals surface area contributed by atoms with E-state index in [0.29, 0.717) is 5.75 Å².